The molecule has 2 aromatic rings. The van der Waals surface area contributed by atoms with Crippen molar-refractivity contribution in [3.63, 3.8) is 0 Å². The van der Waals surface area contributed by atoms with Gasteiger partial charge in [0, 0.05) is 30.7 Å². The average Bonchev–Trinajstić information content (AvgIpc) is 2.30. The number of nitrogens with zero attached hydrogens (tertiary/aromatic N) is 2. The summed E-state index contributed by atoms with van der Waals surface area (Å²) in [4.78, 5) is 8.29. The van der Waals surface area contributed by atoms with E-state index in [1.165, 1.54) is 0 Å². The molecule has 0 aliphatic heterocycles. The van der Waals surface area contributed by atoms with Crippen molar-refractivity contribution in [2.24, 2.45) is 0 Å². The first-order valence-corrected chi connectivity index (χ1v) is 4.65. The van der Waals surface area contributed by atoms with Gasteiger partial charge in [-0.2, -0.15) is 0 Å². The number of rotatable bonds is 2. The van der Waals surface area contributed by atoms with E-state index in [1.54, 1.807) is 19.4 Å². The lowest BCUT2D eigenvalue weighted by Crippen LogP contribution is -1.95. The molecule has 0 spiro atoms. The fourth-order valence-corrected chi connectivity index (χ4v) is 1.28. The van der Waals surface area contributed by atoms with E-state index in [-0.39, 0.29) is 0 Å². The minimum atomic E-state index is 0.620. The molecular weight excluding hydrogens is 188 g/mol. The maximum atomic E-state index is 5.61. The highest BCUT2D eigenvalue weighted by Crippen LogP contribution is 2.19. The maximum absolute atomic E-state index is 5.61. The highest BCUT2D eigenvalue weighted by molar-refractivity contribution is 5.64. The van der Waals surface area contributed by atoms with Crippen LogP contribution in [0.2, 0.25) is 0 Å². The summed E-state index contributed by atoms with van der Waals surface area (Å²) >= 11 is 0. The van der Waals surface area contributed by atoms with Crippen molar-refractivity contribution in [2.45, 2.75) is 0 Å². The van der Waals surface area contributed by atoms with Crippen LogP contribution in [-0.4, -0.2) is 17.0 Å². The fraction of sp³-hybridized carbons (Fsp3) is 0.0909. The van der Waals surface area contributed by atoms with Gasteiger partial charge in [-0.3, -0.25) is 0 Å². The Labute approximate surface area is 88.2 Å². The molecule has 4 heteroatoms. The molecule has 1 aromatic carbocycles. The summed E-state index contributed by atoms with van der Waals surface area (Å²) in [7, 11) is 1.79. The van der Waals surface area contributed by atoms with Crippen LogP contribution in [-0.2, 0) is 0 Å². The molecule has 0 aliphatic rings. The largest absolute Gasteiger partial charge is 0.399 e. The van der Waals surface area contributed by atoms with Gasteiger partial charge in [-0.15, -0.1) is 0 Å². The monoisotopic (exact) mass is 200 g/mol. The van der Waals surface area contributed by atoms with Crippen molar-refractivity contribution < 1.29 is 0 Å². The van der Waals surface area contributed by atoms with Crippen molar-refractivity contribution in [1.82, 2.24) is 9.97 Å². The molecule has 1 aromatic heterocycles. The zero-order valence-corrected chi connectivity index (χ0v) is 8.44. The highest BCUT2D eigenvalue weighted by atomic mass is 15.1. The van der Waals surface area contributed by atoms with E-state index in [0.29, 0.717) is 5.95 Å². The van der Waals surface area contributed by atoms with Crippen LogP contribution in [0.15, 0.2) is 36.7 Å². The van der Waals surface area contributed by atoms with Crippen molar-refractivity contribution >= 4 is 11.6 Å². The third-order valence-corrected chi connectivity index (χ3v) is 2.12. The molecule has 0 bridgehead atoms. The highest BCUT2D eigenvalue weighted by Gasteiger charge is 1.98. The van der Waals surface area contributed by atoms with Crippen LogP contribution >= 0.6 is 0 Å². The molecule has 1 heterocycles. The standard InChI is InChI=1S/C11H12N4/c1-13-11-14-6-9(7-15-11)8-2-4-10(12)5-3-8/h2-7H,12H2,1H3,(H,13,14,15). The predicted molar refractivity (Wildman–Crippen MR) is 61.4 cm³/mol. The van der Waals surface area contributed by atoms with Crippen LogP contribution < -0.4 is 11.1 Å². The molecule has 0 saturated carbocycles. The first-order valence-electron chi connectivity index (χ1n) is 4.65. The zero-order chi connectivity index (χ0) is 10.7. The van der Waals surface area contributed by atoms with Gasteiger partial charge in [0.1, 0.15) is 0 Å². The Morgan fingerprint density at radius 3 is 2.13 bits per heavy atom. The molecule has 15 heavy (non-hydrogen) atoms. The minimum absolute atomic E-state index is 0.620. The summed E-state index contributed by atoms with van der Waals surface area (Å²) in [6.45, 7) is 0. The maximum Gasteiger partial charge on any atom is 0.222 e. The van der Waals surface area contributed by atoms with Crippen molar-refractivity contribution in [1.29, 1.82) is 0 Å². The topological polar surface area (TPSA) is 63.8 Å². The second-order valence-electron chi connectivity index (χ2n) is 3.17. The van der Waals surface area contributed by atoms with E-state index in [2.05, 4.69) is 15.3 Å². The van der Waals surface area contributed by atoms with Crippen LogP contribution in [0.5, 0.6) is 0 Å². The molecule has 0 fully saturated rings. The molecule has 0 radical (unpaired) electrons. The Hall–Kier alpha value is -2.10. The quantitative estimate of drug-likeness (QED) is 0.725. The normalized spacial score (nSPS) is 9.93. The van der Waals surface area contributed by atoms with Gasteiger partial charge in [-0.05, 0) is 17.7 Å². The van der Waals surface area contributed by atoms with Gasteiger partial charge < -0.3 is 11.1 Å². The SMILES string of the molecule is CNc1ncc(-c2ccc(N)cc2)cn1. The van der Waals surface area contributed by atoms with Crippen molar-refractivity contribution in [2.75, 3.05) is 18.1 Å². The molecule has 0 amide bonds. The lowest BCUT2D eigenvalue weighted by atomic mass is 10.1. The van der Waals surface area contributed by atoms with E-state index in [1.807, 2.05) is 24.3 Å². The van der Waals surface area contributed by atoms with Gasteiger partial charge in [-0.1, -0.05) is 12.1 Å². The fourth-order valence-electron chi connectivity index (χ4n) is 1.28. The number of hydrogen-bond acceptors (Lipinski definition) is 4. The first-order chi connectivity index (χ1) is 7.29. The number of hydrogen-bond donors (Lipinski definition) is 2. The van der Waals surface area contributed by atoms with Gasteiger partial charge in [0.15, 0.2) is 0 Å². The predicted octanol–water partition coefficient (Wildman–Crippen LogP) is 1.77. The Morgan fingerprint density at radius 1 is 1.00 bits per heavy atom. The van der Waals surface area contributed by atoms with E-state index in [0.717, 1.165) is 16.8 Å². The molecule has 3 N–H and O–H groups in total. The third kappa shape index (κ3) is 2.04. The van der Waals surface area contributed by atoms with Crippen LogP contribution in [0, 0.1) is 0 Å². The Kier molecular flexibility index (Phi) is 2.49. The van der Waals surface area contributed by atoms with E-state index in [9.17, 15) is 0 Å². The number of benzene rings is 1. The molecule has 0 unspecified atom stereocenters. The zero-order valence-electron chi connectivity index (χ0n) is 8.44. The van der Waals surface area contributed by atoms with Crippen molar-refractivity contribution in [3.05, 3.63) is 36.7 Å². The molecule has 0 aliphatic carbocycles. The number of nitrogens with one attached hydrogen (secondary N) is 1. The first kappa shape index (κ1) is 9.45. The molecule has 4 nitrogen and oxygen atoms in total. The lowest BCUT2D eigenvalue weighted by Gasteiger charge is -2.02. The van der Waals surface area contributed by atoms with Crippen LogP contribution in [0.1, 0.15) is 0 Å². The number of aromatic nitrogens is 2. The van der Waals surface area contributed by atoms with Gasteiger partial charge in [0.25, 0.3) is 0 Å². The third-order valence-electron chi connectivity index (χ3n) is 2.12. The molecule has 76 valence electrons. The smallest absolute Gasteiger partial charge is 0.222 e. The lowest BCUT2D eigenvalue weighted by molar-refractivity contribution is 1.15. The molecule has 0 saturated heterocycles. The summed E-state index contributed by atoms with van der Waals surface area (Å²) in [5, 5.41) is 2.87. The summed E-state index contributed by atoms with van der Waals surface area (Å²) < 4.78 is 0. The van der Waals surface area contributed by atoms with Crippen LogP contribution in [0.4, 0.5) is 11.6 Å². The minimum Gasteiger partial charge on any atom is -0.399 e. The average molecular weight is 200 g/mol. The molecule has 2 rings (SSSR count). The summed E-state index contributed by atoms with van der Waals surface area (Å²) in [6, 6.07) is 7.63. The van der Waals surface area contributed by atoms with Crippen LogP contribution in [0.3, 0.4) is 0 Å². The van der Waals surface area contributed by atoms with Gasteiger partial charge >= 0.3 is 0 Å². The summed E-state index contributed by atoms with van der Waals surface area (Å²) in [6.07, 6.45) is 3.56. The van der Waals surface area contributed by atoms with E-state index < -0.39 is 0 Å². The van der Waals surface area contributed by atoms with Gasteiger partial charge in [-0.25, -0.2) is 9.97 Å². The van der Waals surface area contributed by atoms with E-state index in [4.69, 9.17) is 5.73 Å². The number of nitrogen functional groups attached to an aromatic ring is 1. The summed E-state index contributed by atoms with van der Waals surface area (Å²) in [5.74, 6) is 0.620. The second kappa shape index (κ2) is 3.96. The second-order valence-corrected chi connectivity index (χ2v) is 3.17. The Bertz CT molecular complexity index is 433. The number of nitrogens with two attached hydrogens (primary N) is 1. The summed E-state index contributed by atoms with van der Waals surface area (Å²) in [5.41, 5.74) is 8.41. The van der Waals surface area contributed by atoms with Crippen LogP contribution in [0.25, 0.3) is 11.1 Å². The molecular formula is C11H12N4. The van der Waals surface area contributed by atoms with Crippen molar-refractivity contribution in [3.8, 4) is 11.1 Å². The van der Waals surface area contributed by atoms with Gasteiger partial charge in [0.05, 0.1) is 0 Å². The Balaban J connectivity index is 2.33. The van der Waals surface area contributed by atoms with E-state index >= 15 is 0 Å². The molecule has 0 atom stereocenters. The number of anilines is 2. The Morgan fingerprint density at radius 2 is 1.60 bits per heavy atom. The van der Waals surface area contributed by atoms with Gasteiger partial charge in [0.2, 0.25) is 5.95 Å².